The first-order chi connectivity index (χ1) is 13.3. The second kappa shape index (κ2) is 7.84. The minimum absolute atomic E-state index is 0.129. The molecular weight excluding hydrogens is 371 g/mol. The highest BCUT2D eigenvalue weighted by Gasteiger charge is 2.30. The highest BCUT2D eigenvalue weighted by atomic mass is 19.4. The molecule has 2 heterocycles. The number of rotatable bonds is 5. The van der Waals surface area contributed by atoms with Crippen molar-refractivity contribution in [1.29, 1.82) is 0 Å². The third kappa shape index (κ3) is 4.21. The van der Waals surface area contributed by atoms with Gasteiger partial charge in [-0.15, -0.1) is 0 Å². The number of esters is 1. The lowest BCUT2D eigenvalue weighted by Gasteiger charge is -2.15. The molecule has 0 spiro atoms. The lowest BCUT2D eigenvalue weighted by molar-refractivity contribution is -0.137. The highest BCUT2D eigenvalue weighted by Crippen LogP contribution is 2.33. The van der Waals surface area contributed by atoms with Gasteiger partial charge in [0.25, 0.3) is 0 Å². The first-order valence-electron chi connectivity index (χ1n) is 8.67. The predicted molar refractivity (Wildman–Crippen MR) is 99.6 cm³/mol. The van der Waals surface area contributed by atoms with Crippen LogP contribution in [0.4, 0.5) is 24.5 Å². The van der Waals surface area contributed by atoms with Crippen molar-refractivity contribution in [2.75, 3.05) is 11.9 Å². The number of halogens is 3. The van der Waals surface area contributed by atoms with Gasteiger partial charge < -0.3 is 10.1 Å². The fourth-order valence-electron chi connectivity index (χ4n) is 2.65. The molecule has 0 bridgehead atoms. The van der Waals surface area contributed by atoms with Gasteiger partial charge in [0, 0.05) is 23.0 Å². The van der Waals surface area contributed by atoms with Gasteiger partial charge in [-0.25, -0.2) is 14.8 Å². The zero-order chi connectivity index (χ0) is 20.3. The molecule has 0 aliphatic rings. The molecule has 3 rings (SSSR count). The lowest BCUT2D eigenvalue weighted by atomic mass is 10.1. The first kappa shape index (κ1) is 19.6. The number of anilines is 2. The molecule has 0 radical (unpaired) electrons. The fraction of sp³-hybridized carbons (Fsp3) is 0.250. The Labute approximate surface area is 159 Å². The van der Waals surface area contributed by atoms with Crippen molar-refractivity contribution < 1.29 is 22.7 Å². The number of aromatic nitrogens is 2. The van der Waals surface area contributed by atoms with E-state index in [1.165, 1.54) is 18.3 Å². The van der Waals surface area contributed by atoms with Crippen molar-refractivity contribution in [3.05, 3.63) is 59.4 Å². The summed E-state index contributed by atoms with van der Waals surface area (Å²) < 4.78 is 44.3. The van der Waals surface area contributed by atoms with Crippen molar-refractivity contribution in [3.8, 4) is 0 Å². The molecule has 146 valence electrons. The molecule has 8 heteroatoms. The lowest BCUT2D eigenvalue weighted by Crippen LogP contribution is -2.11. The maximum Gasteiger partial charge on any atom is 0.416 e. The average Bonchev–Trinajstić information content (AvgIpc) is 2.65. The Hall–Kier alpha value is -3.16. The van der Waals surface area contributed by atoms with E-state index >= 15 is 0 Å². The second-order valence-corrected chi connectivity index (χ2v) is 6.21. The summed E-state index contributed by atoms with van der Waals surface area (Å²) >= 11 is 0. The van der Waals surface area contributed by atoms with Gasteiger partial charge in [-0.1, -0.05) is 13.0 Å². The van der Waals surface area contributed by atoms with E-state index in [0.717, 1.165) is 17.8 Å². The molecule has 0 saturated carbocycles. The van der Waals surface area contributed by atoms with Gasteiger partial charge in [0.1, 0.15) is 5.56 Å². The first-order valence-corrected chi connectivity index (χ1v) is 8.67. The summed E-state index contributed by atoms with van der Waals surface area (Å²) in [6.45, 7) is 3.89. The molecule has 3 aromatic rings. The Morgan fingerprint density at radius 2 is 2.00 bits per heavy atom. The van der Waals surface area contributed by atoms with Crippen LogP contribution in [0.25, 0.3) is 11.0 Å². The van der Waals surface area contributed by atoms with Crippen LogP contribution >= 0.6 is 0 Å². The van der Waals surface area contributed by atoms with Crippen LogP contribution in [-0.2, 0) is 10.9 Å². The summed E-state index contributed by atoms with van der Waals surface area (Å²) in [5.41, 5.74) is 0.933. The highest BCUT2D eigenvalue weighted by molar-refractivity contribution is 6.05. The third-order valence-electron chi connectivity index (χ3n) is 3.99. The monoisotopic (exact) mass is 389 g/mol. The van der Waals surface area contributed by atoms with Crippen molar-refractivity contribution in [2.24, 2.45) is 0 Å². The Bertz CT molecular complexity index is 1020. The van der Waals surface area contributed by atoms with E-state index in [4.69, 9.17) is 4.74 Å². The number of benzene rings is 1. The molecule has 0 aliphatic carbocycles. The minimum Gasteiger partial charge on any atom is -0.462 e. The largest absolute Gasteiger partial charge is 0.462 e. The van der Waals surface area contributed by atoms with Gasteiger partial charge in [0.2, 0.25) is 0 Å². The molecule has 0 atom stereocenters. The smallest absolute Gasteiger partial charge is 0.416 e. The van der Waals surface area contributed by atoms with Crippen molar-refractivity contribution in [2.45, 2.75) is 26.4 Å². The Morgan fingerprint density at radius 1 is 1.21 bits per heavy atom. The van der Waals surface area contributed by atoms with E-state index in [1.807, 2.05) is 6.92 Å². The fourth-order valence-corrected chi connectivity index (χ4v) is 2.65. The van der Waals surface area contributed by atoms with Crippen molar-refractivity contribution in [1.82, 2.24) is 9.97 Å². The number of carbonyl (C=O) groups excluding carboxylic acids is 1. The van der Waals surface area contributed by atoms with E-state index < -0.39 is 17.7 Å². The second-order valence-electron chi connectivity index (χ2n) is 6.21. The number of carbonyl (C=O) groups is 1. The Kier molecular flexibility index (Phi) is 5.48. The van der Waals surface area contributed by atoms with Gasteiger partial charge in [0.15, 0.2) is 5.65 Å². The normalized spacial score (nSPS) is 11.5. The molecule has 0 saturated heterocycles. The van der Waals surface area contributed by atoms with Crippen LogP contribution in [-0.4, -0.2) is 22.5 Å². The molecule has 1 aromatic carbocycles. The van der Waals surface area contributed by atoms with Crippen LogP contribution in [0.1, 0.15) is 35.0 Å². The van der Waals surface area contributed by atoms with E-state index in [9.17, 15) is 18.0 Å². The molecule has 28 heavy (non-hydrogen) atoms. The maximum absolute atomic E-state index is 13.0. The van der Waals surface area contributed by atoms with Gasteiger partial charge in [0.05, 0.1) is 17.9 Å². The average molecular weight is 389 g/mol. The number of hydrogen-bond donors (Lipinski definition) is 1. The standard InChI is InChI=1S/C20H18F3N3O2/c1-3-9-28-19(27)16-11-24-18-15(8-7-12(2)25-18)17(16)26-14-6-4-5-13(10-14)20(21,22)23/h4-8,10-11H,3,9H2,1-2H3,(H,24,25,26). The molecule has 0 aliphatic heterocycles. The van der Waals surface area contributed by atoms with E-state index in [2.05, 4.69) is 15.3 Å². The zero-order valence-electron chi connectivity index (χ0n) is 15.3. The van der Waals surface area contributed by atoms with Gasteiger partial charge in [-0.2, -0.15) is 13.2 Å². The molecule has 1 N–H and O–H groups in total. The molecule has 2 aromatic heterocycles. The van der Waals surface area contributed by atoms with Crippen LogP contribution in [0.3, 0.4) is 0 Å². The Balaban J connectivity index is 2.10. The topological polar surface area (TPSA) is 64.1 Å². The number of nitrogens with zero attached hydrogens (tertiary/aromatic N) is 2. The third-order valence-corrected chi connectivity index (χ3v) is 3.99. The van der Waals surface area contributed by atoms with Crippen LogP contribution < -0.4 is 5.32 Å². The number of ether oxygens (including phenoxy) is 1. The number of fused-ring (bicyclic) bond motifs is 1. The minimum atomic E-state index is -4.47. The van der Waals surface area contributed by atoms with Crippen LogP contribution in [0, 0.1) is 6.92 Å². The molecule has 0 fully saturated rings. The molecule has 5 nitrogen and oxygen atoms in total. The summed E-state index contributed by atoms with van der Waals surface area (Å²) in [6.07, 6.45) is -2.51. The van der Waals surface area contributed by atoms with Crippen molar-refractivity contribution >= 4 is 28.4 Å². The predicted octanol–water partition coefficient (Wildman–Crippen LogP) is 5.27. The van der Waals surface area contributed by atoms with Gasteiger partial charge >= 0.3 is 12.1 Å². The number of hydrogen-bond acceptors (Lipinski definition) is 5. The van der Waals surface area contributed by atoms with Crippen molar-refractivity contribution in [3.63, 3.8) is 0 Å². The zero-order valence-corrected chi connectivity index (χ0v) is 15.3. The van der Waals surface area contributed by atoms with E-state index in [1.54, 1.807) is 19.1 Å². The van der Waals surface area contributed by atoms with Crippen LogP contribution in [0.5, 0.6) is 0 Å². The molecular formula is C20H18F3N3O2. The SMILES string of the molecule is CCCOC(=O)c1cnc2nc(C)ccc2c1Nc1cccc(C(F)(F)F)c1. The quantitative estimate of drug-likeness (QED) is 0.603. The van der Waals surface area contributed by atoms with E-state index in [-0.39, 0.29) is 17.9 Å². The number of pyridine rings is 2. The van der Waals surface area contributed by atoms with Gasteiger partial charge in [-0.05, 0) is 43.7 Å². The summed E-state index contributed by atoms with van der Waals surface area (Å²) in [4.78, 5) is 21.0. The van der Waals surface area contributed by atoms with E-state index in [0.29, 0.717) is 23.1 Å². The summed E-state index contributed by atoms with van der Waals surface area (Å²) in [5.74, 6) is -0.605. The maximum atomic E-state index is 13.0. The van der Waals surface area contributed by atoms with Crippen LogP contribution in [0.2, 0.25) is 0 Å². The number of alkyl halides is 3. The van der Waals surface area contributed by atoms with Gasteiger partial charge in [-0.3, -0.25) is 0 Å². The van der Waals surface area contributed by atoms with Crippen LogP contribution in [0.15, 0.2) is 42.6 Å². The summed E-state index contributed by atoms with van der Waals surface area (Å²) in [6, 6.07) is 8.21. The summed E-state index contributed by atoms with van der Waals surface area (Å²) in [7, 11) is 0. The molecule has 0 amide bonds. The molecule has 0 unspecified atom stereocenters. The Morgan fingerprint density at radius 3 is 2.71 bits per heavy atom. The number of aryl methyl sites for hydroxylation is 1. The summed E-state index contributed by atoms with van der Waals surface area (Å²) in [5, 5.41) is 3.43. The number of nitrogens with one attached hydrogen (secondary N) is 1.